The highest BCUT2D eigenvalue weighted by molar-refractivity contribution is 6.05. The number of rotatable bonds is 42. The van der Waals surface area contributed by atoms with Gasteiger partial charge in [0.15, 0.2) is 11.6 Å². The molecule has 1 aromatic carbocycles. The third-order valence-corrected chi connectivity index (χ3v) is 10.2. The lowest BCUT2D eigenvalue weighted by molar-refractivity contribution is -0.180. The second kappa shape index (κ2) is 38.0. The number of carbonyl (C=O) groups excluding carboxylic acids is 3. The number of esters is 1. The van der Waals surface area contributed by atoms with Crippen LogP contribution in [0.3, 0.4) is 0 Å². The van der Waals surface area contributed by atoms with E-state index in [1.807, 2.05) is 26.0 Å². The molecule has 0 fully saturated rings. The monoisotopic (exact) mass is 1080 g/mol. The number of carbonyl (C=O) groups is 3. The molecule has 3 aromatic rings. The molecular weight excluding hydrogens is 1010 g/mol. The molecule has 1 aliphatic heterocycles. The van der Waals surface area contributed by atoms with Gasteiger partial charge in [-0.25, -0.2) is 18.8 Å². The number of aliphatic imine (C=N–C) groups is 1. The summed E-state index contributed by atoms with van der Waals surface area (Å²) < 4.78 is 112. The second-order valence-corrected chi connectivity index (χ2v) is 16.2. The lowest BCUT2D eigenvalue weighted by Gasteiger charge is -2.21. The largest absolute Gasteiger partial charge is 0.420 e. The Morgan fingerprint density at radius 3 is 1.58 bits per heavy atom. The van der Waals surface area contributed by atoms with Crippen LogP contribution in [-0.4, -0.2) is 184 Å². The number of aromatic nitrogens is 2. The van der Waals surface area contributed by atoms with Gasteiger partial charge in [0.05, 0.1) is 157 Å². The molecule has 0 aliphatic carbocycles. The summed E-state index contributed by atoms with van der Waals surface area (Å²) in [6, 6.07) is 3.77. The van der Waals surface area contributed by atoms with Crippen molar-refractivity contribution in [3.63, 3.8) is 0 Å². The van der Waals surface area contributed by atoms with E-state index in [0.717, 1.165) is 23.1 Å². The van der Waals surface area contributed by atoms with E-state index < -0.39 is 41.4 Å². The van der Waals surface area contributed by atoms with Gasteiger partial charge in [-0.15, -0.1) is 0 Å². The minimum Gasteiger partial charge on any atom is -0.420 e. The van der Waals surface area contributed by atoms with E-state index in [1.54, 1.807) is 24.7 Å². The SMILES string of the molecule is CCCN(OCC)C(=O)C1=Cc2ncc(-c3cncc(CNC(=O)CCOCCOCCOCCOCCOCCOCCOCCOCCOCCOCCC(=O)Oc4c(F)c(F)cc(F)c4F)c3)cc2N=C(N)C1. The number of nitrogens with zero attached hydrogens (tertiary/aromatic N) is 4. The summed E-state index contributed by atoms with van der Waals surface area (Å²) in [6.07, 6.45) is 7.46. The van der Waals surface area contributed by atoms with Crippen molar-refractivity contribution >= 4 is 35.4 Å². The molecule has 0 radical (unpaired) electrons. The number of halogens is 4. The Bertz CT molecular complexity index is 2230. The molecule has 76 heavy (non-hydrogen) atoms. The Balaban J connectivity index is 0.865. The molecular formula is C51H70F4N6O15. The number of nitrogens with one attached hydrogen (secondary N) is 1. The molecule has 0 unspecified atom stereocenters. The first-order valence-corrected chi connectivity index (χ1v) is 25.0. The van der Waals surface area contributed by atoms with E-state index in [9.17, 15) is 31.9 Å². The molecule has 3 N–H and O–H groups in total. The Morgan fingerprint density at radius 2 is 1.09 bits per heavy atom. The number of pyridine rings is 2. The minimum atomic E-state index is -1.80. The van der Waals surface area contributed by atoms with Gasteiger partial charge in [-0.3, -0.25) is 29.2 Å². The van der Waals surface area contributed by atoms with E-state index in [0.29, 0.717) is 129 Å². The summed E-state index contributed by atoms with van der Waals surface area (Å²) in [7, 11) is 0. The number of hydrogen-bond acceptors (Lipinski definition) is 19. The summed E-state index contributed by atoms with van der Waals surface area (Å²) >= 11 is 0. The van der Waals surface area contributed by atoms with Crippen molar-refractivity contribution in [2.24, 2.45) is 10.7 Å². The lowest BCUT2D eigenvalue weighted by Crippen LogP contribution is -2.34. The van der Waals surface area contributed by atoms with Crippen molar-refractivity contribution in [2.45, 2.75) is 46.1 Å². The summed E-state index contributed by atoms with van der Waals surface area (Å²) in [5.41, 5.74) is 10.0. The van der Waals surface area contributed by atoms with Crippen LogP contribution in [0.2, 0.25) is 0 Å². The maximum Gasteiger partial charge on any atom is 0.313 e. The standard InChI is InChI=1S/C51H70F4N6O15/c1-3-7-61(75-4-2)51(64)38-29-43-44(60-45(56)31-38)30-40(36-58-43)39-28-37(33-57-35-39)34-59-46(62)5-8-65-10-12-67-14-16-69-18-20-71-22-24-73-26-27-74-25-23-72-21-19-70-17-15-68-13-11-66-9-6-47(63)76-50-48(54)41(52)32-42(53)49(50)55/h28-30,32-33,35-36H,3-27,31,34H2,1-2H3,(H2,56,60)(H,59,62). The fourth-order valence-electron chi connectivity index (χ4n) is 6.55. The second-order valence-electron chi connectivity index (χ2n) is 16.2. The van der Waals surface area contributed by atoms with Crippen molar-refractivity contribution in [2.75, 3.05) is 145 Å². The van der Waals surface area contributed by atoms with Crippen LogP contribution in [0.1, 0.15) is 50.8 Å². The van der Waals surface area contributed by atoms with E-state index in [4.69, 9.17) is 57.9 Å². The molecule has 25 heteroatoms. The van der Waals surface area contributed by atoms with Crippen LogP contribution >= 0.6 is 0 Å². The van der Waals surface area contributed by atoms with Gasteiger partial charge in [0.1, 0.15) is 5.84 Å². The van der Waals surface area contributed by atoms with Gasteiger partial charge in [0.25, 0.3) is 5.91 Å². The van der Waals surface area contributed by atoms with E-state index in [2.05, 4.69) is 25.0 Å². The summed E-state index contributed by atoms with van der Waals surface area (Å²) in [5, 5.41) is 4.25. The first kappa shape index (κ1) is 63.0. The van der Waals surface area contributed by atoms with Gasteiger partial charge in [0.2, 0.25) is 23.3 Å². The van der Waals surface area contributed by atoms with Gasteiger partial charge >= 0.3 is 5.97 Å². The predicted octanol–water partition coefficient (Wildman–Crippen LogP) is 4.83. The Morgan fingerprint density at radius 1 is 0.618 bits per heavy atom. The smallest absolute Gasteiger partial charge is 0.313 e. The van der Waals surface area contributed by atoms with Gasteiger partial charge < -0.3 is 63.2 Å². The zero-order valence-electron chi connectivity index (χ0n) is 43.1. The molecule has 3 heterocycles. The molecule has 0 saturated carbocycles. The van der Waals surface area contributed by atoms with E-state index >= 15 is 0 Å². The van der Waals surface area contributed by atoms with Crippen LogP contribution < -0.4 is 15.8 Å². The maximum atomic E-state index is 13.6. The number of amides is 2. The highest BCUT2D eigenvalue weighted by Gasteiger charge is 2.24. The number of fused-ring (bicyclic) bond motifs is 1. The third kappa shape index (κ3) is 25.1. The first-order valence-electron chi connectivity index (χ1n) is 25.0. The van der Waals surface area contributed by atoms with Gasteiger partial charge in [-0.05, 0) is 37.1 Å². The maximum absolute atomic E-state index is 13.6. The number of benzene rings is 1. The van der Waals surface area contributed by atoms with Crippen molar-refractivity contribution < 1.29 is 88.9 Å². The van der Waals surface area contributed by atoms with Crippen molar-refractivity contribution in [3.8, 4) is 16.9 Å². The van der Waals surface area contributed by atoms with Crippen LogP contribution in [0.4, 0.5) is 23.2 Å². The first-order chi connectivity index (χ1) is 37.0. The quantitative estimate of drug-likeness (QED) is 0.0193. The van der Waals surface area contributed by atoms with Crippen LogP contribution in [0, 0.1) is 23.3 Å². The molecule has 0 bridgehead atoms. The van der Waals surface area contributed by atoms with Crippen LogP contribution in [-0.2, 0) is 73.1 Å². The van der Waals surface area contributed by atoms with Gasteiger partial charge in [-0.1, -0.05) is 6.92 Å². The Hall–Kier alpha value is -5.58. The molecule has 21 nitrogen and oxygen atoms in total. The van der Waals surface area contributed by atoms with Crippen LogP contribution in [0.5, 0.6) is 5.75 Å². The predicted molar refractivity (Wildman–Crippen MR) is 266 cm³/mol. The van der Waals surface area contributed by atoms with E-state index in [1.165, 1.54) is 5.06 Å². The zero-order chi connectivity index (χ0) is 54.6. The normalized spacial score (nSPS) is 12.2. The number of hydrogen-bond donors (Lipinski definition) is 2. The lowest BCUT2D eigenvalue weighted by atomic mass is 10.1. The number of amidine groups is 1. The summed E-state index contributed by atoms with van der Waals surface area (Å²) in [6.45, 7) is 11.4. The fourth-order valence-corrected chi connectivity index (χ4v) is 6.55. The minimum absolute atomic E-state index is 0.0137. The van der Waals surface area contributed by atoms with Crippen molar-refractivity contribution in [3.05, 3.63) is 76.9 Å². The van der Waals surface area contributed by atoms with E-state index in [-0.39, 0.29) is 76.1 Å². The Labute approximate surface area is 439 Å². The topological polar surface area (TPSA) is 241 Å². The number of hydroxylamine groups is 2. The molecule has 4 rings (SSSR count). The fraction of sp³-hybridized carbons (Fsp3) is 0.569. The molecule has 0 spiro atoms. The molecule has 2 aromatic heterocycles. The molecule has 422 valence electrons. The molecule has 0 atom stereocenters. The average molecular weight is 1080 g/mol. The van der Waals surface area contributed by atoms with Crippen LogP contribution in [0.15, 0.2) is 47.4 Å². The summed E-state index contributed by atoms with van der Waals surface area (Å²) in [5.74, 6) is -9.68. The number of nitrogens with two attached hydrogens (primary N) is 1. The molecule has 2 amide bonds. The van der Waals surface area contributed by atoms with Gasteiger partial charge in [-0.2, -0.15) is 8.78 Å². The Kier molecular flexibility index (Phi) is 31.5. The highest BCUT2D eigenvalue weighted by Crippen LogP contribution is 2.31. The number of ether oxygens (including phenoxy) is 11. The third-order valence-electron chi connectivity index (χ3n) is 10.2. The van der Waals surface area contributed by atoms with Crippen molar-refractivity contribution in [1.29, 1.82) is 0 Å². The highest BCUT2D eigenvalue weighted by atomic mass is 19.2. The van der Waals surface area contributed by atoms with Crippen LogP contribution in [0.25, 0.3) is 17.2 Å². The molecule has 0 saturated heterocycles. The van der Waals surface area contributed by atoms with Gasteiger partial charge in [0, 0.05) is 67.3 Å². The van der Waals surface area contributed by atoms with Crippen molar-refractivity contribution in [1.82, 2.24) is 20.3 Å². The molecule has 1 aliphatic rings. The average Bonchev–Trinajstić information content (AvgIpc) is 3.59. The summed E-state index contributed by atoms with van der Waals surface area (Å²) in [4.78, 5) is 56.4. The zero-order valence-corrected chi connectivity index (χ0v) is 43.1.